The van der Waals surface area contributed by atoms with E-state index in [1.165, 1.54) is 11.5 Å². The maximum absolute atomic E-state index is 8.98. The Bertz CT molecular complexity index is 477. The highest BCUT2D eigenvalue weighted by atomic mass is 35.5. The molecular formula is C13H19ClN4OS. The molecule has 2 rings (SSSR count). The Kier molecular flexibility index (Phi) is 5.61. The third-order valence-electron chi connectivity index (χ3n) is 3.19. The zero-order valence-corrected chi connectivity index (χ0v) is 13.3. The van der Waals surface area contributed by atoms with E-state index in [9.17, 15) is 0 Å². The second-order valence-corrected chi connectivity index (χ2v) is 6.22. The van der Waals surface area contributed by atoms with Gasteiger partial charge in [0.2, 0.25) is 0 Å². The lowest BCUT2D eigenvalue weighted by Crippen LogP contribution is -2.45. The molecule has 1 aliphatic rings. The first-order valence-electron chi connectivity index (χ1n) is 6.77. The fraction of sp³-hybridized carbons (Fsp3) is 0.692. The van der Waals surface area contributed by atoms with Gasteiger partial charge in [0.25, 0.3) is 0 Å². The molecular weight excluding hydrogens is 296 g/mol. The number of rotatable bonds is 5. The molecule has 5 nitrogen and oxygen atoms in total. The van der Waals surface area contributed by atoms with Crippen molar-refractivity contribution >= 4 is 28.1 Å². The molecule has 2 atom stereocenters. The number of halogens is 1. The first kappa shape index (κ1) is 15.5. The van der Waals surface area contributed by atoms with Crippen molar-refractivity contribution in [2.24, 2.45) is 0 Å². The Balaban J connectivity index is 1.72. The molecule has 1 fully saturated rings. The third-order valence-corrected chi connectivity index (χ3v) is 4.37. The SMILES string of the molecule is C[C@@H]1CN(CCCNc2snc(Cl)c2C#N)C[C@H](C)O1. The molecule has 1 saturated heterocycles. The average Bonchev–Trinajstić information content (AvgIpc) is 2.74. The summed E-state index contributed by atoms with van der Waals surface area (Å²) >= 11 is 7.06. The summed E-state index contributed by atoms with van der Waals surface area (Å²) in [5, 5.41) is 13.3. The first-order chi connectivity index (χ1) is 9.60. The van der Waals surface area contributed by atoms with Crippen molar-refractivity contribution < 1.29 is 4.74 Å². The molecule has 0 unspecified atom stereocenters. The van der Waals surface area contributed by atoms with Crippen LogP contribution in [0.1, 0.15) is 25.8 Å². The van der Waals surface area contributed by atoms with Crippen molar-refractivity contribution in [1.82, 2.24) is 9.27 Å². The molecule has 1 N–H and O–H groups in total. The zero-order chi connectivity index (χ0) is 14.5. The summed E-state index contributed by atoms with van der Waals surface area (Å²) in [6.45, 7) is 8.03. The second-order valence-electron chi connectivity index (χ2n) is 5.09. The van der Waals surface area contributed by atoms with E-state index in [1.807, 2.05) is 0 Å². The van der Waals surface area contributed by atoms with E-state index in [0.29, 0.717) is 17.8 Å². The van der Waals surface area contributed by atoms with Gasteiger partial charge in [0.15, 0.2) is 5.15 Å². The fourth-order valence-corrected chi connectivity index (χ4v) is 3.42. The molecule has 1 aromatic heterocycles. The van der Waals surface area contributed by atoms with E-state index in [0.717, 1.165) is 37.6 Å². The highest BCUT2D eigenvalue weighted by Crippen LogP contribution is 2.27. The average molecular weight is 315 g/mol. The lowest BCUT2D eigenvalue weighted by atomic mass is 10.2. The maximum Gasteiger partial charge on any atom is 0.162 e. The van der Waals surface area contributed by atoms with Gasteiger partial charge in [-0.1, -0.05) is 11.6 Å². The summed E-state index contributed by atoms with van der Waals surface area (Å²) in [6.07, 6.45) is 1.62. The summed E-state index contributed by atoms with van der Waals surface area (Å²) in [4.78, 5) is 2.42. The molecule has 0 spiro atoms. The summed E-state index contributed by atoms with van der Waals surface area (Å²) in [7, 11) is 0. The van der Waals surface area contributed by atoms with Crippen LogP contribution in [0.2, 0.25) is 5.15 Å². The Hall–Kier alpha value is -0.870. The smallest absolute Gasteiger partial charge is 0.162 e. The van der Waals surface area contributed by atoms with E-state index < -0.39 is 0 Å². The van der Waals surface area contributed by atoms with E-state index in [2.05, 4.69) is 34.5 Å². The fourth-order valence-electron chi connectivity index (χ4n) is 2.46. The number of ether oxygens (including phenoxy) is 1. The predicted octanol–water partition coefficient (Wildman–Crippen LogP) is 2.58. The molecule has 0 bridgehead atoms. The first-order valence-corrected chi connectivity index (χ1v) is 7.92. The zero-order valence-electron chi connectivity index (χ0n) is 11.7. The summed E-state index contributed by atoms with van der Waals surface area (Å²) in [6, 6.07) is 2.07. The molecule has 7 heteroatoms. The minimum atomic E-state index is 0.288. The van der Waals surface area contributed by atoms with Gasteiger partial charge in [-0.25, -0.2) is 0 Å². The number of aromatic nitrogens is 1. The van der Waals surface area contributed by atoms with Crippen LogP contribution in [0, 0.1) is 11.3 Å². The van der Waals surface area contributed by atoms with Gasteiger partial charge in [-0.15, -0.1) is 0 Å². The van der Waals surface area contributed by atoms with Crippen molar-refractivity contribution in [2.75, 3.05) is 31.5 Å². The van der Waals surface area contributed by atoms with Gasteiger partial charge >= 0.3 is 0 Å². The summed E-state index contributed by atoms with van der Waals surface area (Å²) in [5.74, 6) is 0. The molecule has 1 aromatic rings. The molecule has 2 heterocycles. The molecule has 0 saturated carbocycles. The minimum Gasteiger partial charge on any atom is -0.374 e. The van der Waals surface area contributed by atoms with Gasteiger partial charge in [-0.3, -0.25) is 4.90 Å². The van der Waals surface area contributed by atoms with Crippen LogP contribution in [0.4, 0.5) is 5.00 Å². The second kappa shape index (κ2) is 7.23. The van der Waals surface area contributed by atoms with E-state index in [4.69, 9.17) is 21.6 Å². The van der Waals surface area contributed by atoms with Crippen molar-refractivity contribution in [3.05, 3.63) is 10.7 Å². The molecule has 1 aliphatic heterocycles. The Morgan fingerprint density at radius 2 is 2.20 bits per heavy atom. The van der Waals surface area contributed by atoms with Crippen LogP contribution in [-0.2, 0) is 4.74 Å². The molecule has 0 amide bonds. The monoisotopic (exact) mass is 314 g/mol. The number of morpholine rings is 1. The van der Waals surface area contributed by atoms with E-state index in [1.54, 1.807) is 0 Å². The Morgan fingerprint density at radius 3 is 2.85 bits per heavy atom. The lowest BCUT2D eigenvalue weighted by molar-refractivity contribution is -0.0678. The molecule has 0 aliphatic carbocycles. The minimum absolute atomic E-state index is 0.288. The van der Waals surface area contributed by atoms with Gasteiger partial charge in [0, 0.05) is 26.2 Å². The van der Waals surface area contributed by atoms with Crippen LogP contribution in [0.3, 0.4) is 0 Å². The van der Waals surface area contributed by atoms with Gasteiger partial charge in [-0.2, -0.15) is 9.64 Å². The normalized spacial score (nSPS) is 23.5. The number of nitrogens with zero attached hydrogens (tertiary/aromatic N) is 3. The Labute approximate surface area is 128 Å². The van der Waals surface area contributed by atoms with E-state index in [-0.39, 0.29) is 5.15 Å². The van der Waals surface area contributed by atoms with Gasteiger partial charge < -0.3 is 10.1 Å². The van der Waals surface area contributed by atoms with Crippen molar-refractivity contribution in [1.29, 1.82) is 5.26 Å². The highest BCUT2D eigenvalue weighted by Gasteiger charge is 2.21. The number of anilines is 1. The molecule has 110 valence electrons. The van der Waals surface area contributed by atoms with Crippen LogP contribution < -0.4 is 5.32 Å². The Morgan fingerprint density at radius 1 is 1.50 bits per heavy atom. The molecule has 20 heavy (non-hydrogen) atoms. The highest BCUT2D eigenvalue weighted by molar-refractivity contribution is 7.10. The largest absolute Gasteiger partial charge is 0.374 e. The maximum atomic E-state index is 8.98. The number of nitriles is 1. The number of hydrogen-bond donors (Lipinski definition) is 1. The van der Waals surface area contributed by atoms with Crippen LogP contribution in [0.25, 0.3) is 0 Å². The van der Waals surface area contributed by atoms with Gasteiger partial charge in [-0.05, 0) is 31.8 Å². The quantitative estimate of drug-likeness (QED) is 0.846. The number of hydrogen-bond acceptors (Lipinski definition) is 6. The molecule has 0 aromatic carbocycles. The van der Waals surface area contributed by atoms with Crippen LogP contribution in [0.15, 0.2) is 0 Å². The third kappa shape index (κ3) is 4.06. The summed E-state index contributed by atoms with van der Waals surface area (Å²) in [5.41, 5.74) is 0.449. The van der Waals surface area contributed by atoms with Crippen molar-refractivity contribution in [3.63, 3.8) is 0 Å². The topological polar surface area (TPSA) is 61.2 Å². The number of nitrogens with one attached hydrogen (secondary N) is 1. The van der Waals surface area contributed by atoms with E-state index >= 15 is 0 Å². The van der Waals surface area contributed by atoms with Crippen LogP contribution in [0.5, 0.6) is 0 Å². The summed E-state index contributed by atoms with van der Waals surface area (Å²) < 4.78 is 9.68. The standard InChI is InChI=1S/C13H19ClN4OS/c1-9-7-18(8-10(2)19-9)5-3-4-16-13-11(6-15)12(14)17-20-13/h9-10,16H,3-5,7-8H2,1-2H3/t9-,10+. The predicted molar refractivity (Wildman–Crippen MR) is 81.4 cm³/mol. The van der Waals surface area contributed by atoms with Crippen LogP contribution in [-0.4, -0.2) is 47.7 Å². The van der Waals surface area contributed by atoms with Crippen molar-refractivity contribution in [3.8, 4) is 6.07 Å². The van der Waals surface area contributed by atoms with Crippen molar-refractivity contribution in [2.45, 2.75) is 32.5 Å². The van der Waals surface area contributed by atoms with Gasteiger partial charge in [0.05, 0.1) is 12.2 Å². The van der Waals surface area contributed by atoms with Gasteiger partial charge in [0.1, 0.15) is 16.6 Å². The lowest BCUT2D eigenvalue weighted by Gasteiger charge is -2.35. The molecule has 0 radical (unpaired) electrons. The van der Waals surface area contributed by atoms with Crippen LogP contribution >= 0.6 is 23.1 Å².